The molecule has 126 valence electrons. The third-order valence-corrected chi connectivity index (χ3v) is 3.33. The Morgan fingerprint density at radius 2 is 1.71 bits per heavy atom. The molecule has 0 saturated carbocycles. The van der Waals surface area contributed by atoms with Crippen LogP contribution >= 0.6 is 0 Å². The first-order valence-electron chi connectivity index (χ1n) is 7.40. The number of carbonyl (C=O) groups excluding carboxylic acids is 3. The molecule has 0 bridgehead atoms. The van der Waals surface area contributed by atoms with Gasteiger partial charge in [0, 0.05) is 20.8 Å². The van der Waals surface area contributed by atoms with Gasteiger partial charge in [-0.15, -0.1) is 5.92 Å². The van der Waals surface area contributed by atoms with Crippen LogP contribution in [-0.4, -0.2) is 23.7 Å². The van der Waals surface area contributed by atoms with Crippen LogP contribution in [0.4, 0.5) is 0 Å². The van der Waals surface area contributed by atoms with Gasteiger partial charge >= 0.3 is 17.9 Å². The number of ether oxygens (including phenoxy) is 3. The molecule has 24 heavy (non-hydrogen) atoms. The SMILES string of the molecule is CC#CC(c1ccc(OC(C)=O)cc1)C1C(=O)OC(C)(C)OC1=O. The zero-order chi connectivity index (χ0) is 17.9. The lowest BCUT2D eigenvalue weighted by Crippen LogP contribution is -2.48. The maximum atomic E-state index is 12.3. The van der Waals surface area contributed by atoms with Crippen molar-refractivity contribution in [1.82, 2.24) is 0 Å². The van der Waals surface area contributed by atoms with E-state index in [-0.39, 0.29) is 0 Å². The van der Waals surface area contributed by atoms with Crippen LogP contribution in [0, 0.1) is 17.8 Å². The molecule has 0 aliphatic carbocycles. The lowest BCUT2D eigenvalue weighted by molar-refractivity contribution is -0.240. The number of cyclic esters (lactones) is 2. The van der Waals surface area contributed by atoms with E-state index in [2.05, 4.69) is 11.8 Å². The number of hydrogen-bond acceptors (Lipinski definition) is 6. The topological polar surface area (TPSA) is 78.9 Å². The molecule has 0 radical (unpaired) electrons. The predicted molar refractivity (Wildman–Crippen MR) is 83.7 cm³/mol. The van der Waals surface area contributed by atoms with Crippen molar-refractivity contribution in [3.05, 3.63) is 29.8 Å². The molecule has 1 aromatic carbocycles. The normalized spacial score (nSPS) is 17.8. The highest BCUT2D eigenvalue weighted by Crippen LogP contribution is 2.33. The van der Waals surface area contributed by atoms with Gasteiger partial charge in [0.1, 0.15) is 5.75 Å². The first-order valence-corrected chi connectivity index (χ1v) is 7.40. The summed E-state index contributed by atoms with van der Waals surface area (Å²) in [6, 6.07) is 6.44. The van der Waals surface area contributed by atoms with Gasteiger partial charge in [0.25, 0.3) is 5.79 Å². The van der Waals surface area contributed by atoms with E-state index in [4.69, 9.17) is 14.2 Å². The Balaban J connectivity index is 2.32. The van der Waals surface area contributed by atoms with Gasteiger partial charge in [-0.1, -0.05) is 18.1 Å². The summed E-state index contributed by atoms with van der Waals surface area (Å²) in [7, 11) is 0. The quantitative estimate of drug-likeness (QED) is 0.366. The second-order valence-corrected chi connectivity index (χ2v) is 5.75. The van der Waals surface area contributed by atoms with Crippen molar-refractivity contribution in [3.63, 3.8) is 0 Å². The Labute approximate surface area is 140 Å². The van der Waals surface area contributed by atoms with E-state index in [1.54, 1.807) is 31.2 Å². The molecule has 1 unspecified atom stereocenters. The van der Waals surface area contributed by atoms with E-state index in [1.165, 1.54) is 20.8 Å². The molecule has 0 amide bonds. The van der Waals surface area contributed by atoms with Gasteiger partial charge < -0.3 is 14.2 Å². The predicted octanol–water partition coefficient (Wildman–Crippen LogP) is 2.17. The minimum Gasteiger partial charge on any atom is -0.427 e. The Kier molecular flexibility index (Phi) is 4.93. The van der Waals surface area contributed by atoms with Crippen molar-refractivity contribution in [1.29, 1.82) is 0 Å². The van der Waals surface area contributed by atoms with Gasteiger partial charge in [0.2, 0.25) is 0 Å². The van der Waals surface area contributed by atoms with E-state index in [1.807, 2.05) is 0 Å². The van der Waals surface area contributed by atoms with Crippen LogP contribution in [0.1, 0.15) is 39.2 Å². The Morgan fingerprint density at radius 1 is 1.17 bits per heavy atom. The van der Waals surface area contributed by atoms with Crippen molar-refractivity contribution in [2.75, 3.05) is 0 Å². The van der Waals surface area contributed by atoms with Crippen molar-refractivity contribution in [3.8, 4) is 17.6 Å². The van der Waals surface area contributed by atoms with Gasteiger partial charge in [-0.05, 0) is 24.6 Å². The molecule has 2 rings (SSSR count). The average molecular weight is 330 g/mol. The first kappa shape index (κ1) is 17.5. The smallest absolute Gasteiger partial charge is 0.325 e. The number of hydrogen-bond donors (Lipinski definition) is 0. The molecule has 1 aliphatic heterocycles. The maximum Gasteiger partial charge on any atom is 0.325 e. The molecule has 6 nitrogen and oxygen atoms in total. The van der Waals surface area contributed by atoms with E-state index >= 15 is 0 Å². The monoisotopic (exact) mass is 330 g/mol. The van der Waals surface area contributed by atoms with Gasteiger partial charge in [0.05, 0.1) is 5.92 Å². The first-order chi connectivity index (χ1) is 11.2. The van der Waals surface area contributed by atoms with Crippen LogP contribution in [0.2, 0.25) is 0 Å². The molecular formula is C18H18O6. The molecular weight excluding hydrogens is 312 g/mol. The van der Waals surface area contributed by atoms with Gasteiger partial charge in [0.15, 0.2) is 5.92 Å². The minimum absolute atomic E-state index is 0.365. The zero-order valence-corrected chi connectivity index (χ0v) is 13.9. The van der Waals surface area contributed by atoms with E-state index in [9.17, 15) is 14.4 Å². The van der Waals surface area contributed by atoms with Crippen LogP contribution in [-0.2, 0) is 23.9 Å². The fourth-order valence-electron chi connectivity index (χ4n) is 2.42. The average Bonchev–Trinajstić information content (AvgIpc) is 2.44. The highest BCUT2D eigenvalue weighted by Gasteiger charge is 2.47. The van der Waals surface area contributed by atoms with Gasteiger partial charge in [-0.2, -0.15) is 0 Å². The van der Waals surface area contributed by atoms with E-state index in [0.29, 0.717) is 11.3 Å². The Hall–Kier alpha value is -2.81. The van der Waals surface area contributed by atoms with Crippen LogP contribution in [0.15, 0.2) is 24.3 Å². The summed E-state index contributed by atoms with van der Waals surface area (Å²) in [4.78, 5) is 35.5. The standard InChI is InChI=1S/C18H18O6/c1-5-6-14(12-7-9-13(10-8-12)22-11(2)19)15-16(20)23-18(3,4)24-17(15)21/h7-10,14-15H,1-4H3. The summed E-state index contributed by atoms with van der Waals surface area (Å²) in [6.45, 7) is 5.90. The summed E-state index contributed by atoms with van der Waals surface area (Å²) in [5.74, 6) is 1.01. The molecule has 1 aliphatic rings. The van der Waals surface area contributed by atoms with Crippen molar-refractivity contribution in [2.45, 2.75) is 39.4 Å². The molecule has 1 saturated heterocycles. The molecule has 0 aromatic heterocycles. The summed E-state index contributed by atoms with van der Waals surface area (Å²) >= 11 is 0. The molecule has 6 heteroatoms. The number of carbonyl (C=O) groups is 3. The van der Waals surface area contributed by atoms with Gasteiger partial charge in [-0.25, -0.2) is 0 Å². The van der Waals surface area contributed by atoms with Crippen LogP contribution in [0.3, 0.4) is 0 Å². The number of rotatable bonds is 3. The second kappa shape index (κ2) is 6.75. The van der Waals surface area contributed by atoms with Crippen molar-refractivity contribution >= 4 is 17.9 Å². The lowest BCUT2D eigenvalue weighted by Gasteiger charge is -2.34. The lowest BCUT2D eigenvalue weighted by atomic mass is 9.85. The van der Waals surface area contributed by atoms with Crippen molar-refractivity contribution in [2.24, 2.45) is 5.92 Å². The van der Waals surface area contributed by atoms with Crippen LogP contribution in [0.25, 0.3) is 0 Å². The van der Waals surface area contributed by atoms with Crippen molar-refractivity contribution < 1.29 is 28.6 Å². The van der Waals surface area contributed by atoms with E-state index < -0.39 is 35.5 Å². The molecule has 1 aromatic rings. The number of benzene rings is 1. The second-order valence-electron chi connectivity index (χ2n) is 5.75. The molecule has 1 fully saturated rings. The summed E-state index contributed by atoms with van der Waals surface area (Å²) in [5.41, 5.74) is 0.624. The molecule has 0 spiro atoms. The molecule has 1 atom stereocenters. The highest BCUT2D eigenvalue weighted by molar-refractivity contribution is 5.98. The third-order valence-electron chi connectivity index (χ3n) is 3.33. The summed E-state index contributed by atoms with van der Waals surface area (Å²) < 4.78 is 15.3. The number of esters is 3. The largest absolute Gasteiger partial charge is 0.427 e. The van der Waals surface area contributed by atoms with Crippen LogP contribution < -0.4 is 4.74 Å². The Morgan fingerprint density at radius 3 is 2.17 bits per heavy atom. The van der Waals surface area contributed by atoms with E-state index in [0.717, 1.165) is 0 Å². The zero-order valence-electron chi connectivity index (χ0n) is 13.9. The van der Waals surface area contributed by atoms with Gasteiger partial charge in [-0.3, -0.25) is 14.4 Å². The van der Waals surface area contributed by atoms with Crippen LogP contribution in [0.5, 0.6) is 5.75 Å². The third kappa shape index (κ3) is 3.93. The Bertz CT molecular complexity index is 700. The summed E-state index contributed by atoms with van der Waals surface area (Å²) in [5, 5.41) is 0. The summed E-state index contributed by atoms with van der Waals surface area (Å²) in [6.07, 6.45) is 0. The minimum atomic E-state index is -1.28. The highest BCUT2D eigenvalue weighted by atomic mass is 16.7. The fourth-order valence-corrected chi connectivity index (χ4v) is 2.42. The maximum absolute atomic E-state index is 12.3. The molecule has 1 heterocycles. The fraction of sp³-hybridized carbons (Fsp3) is 0.389. The molecule has 0 N–H and O–H groups in total.